The number of nitrogens with zero attached hydrogens (tertiary/aromatic N) is 1. The van der Waals surface area contributed by atoms with Gasteiger partial charge in [-0.15, -0.1) is 6.58 Å². The molecule has 184 valence electrons. The number of fused-ring (bicyclic) bond motifs is 3. The topological polar surface area (TPSA) is 95.9 Å². The van der Waals surface area contributed by atoms with Gasteiger partial charge in [0.2, 0.25) is 5.91 Å². The summed E-state index contributed by atoms with van der Waals surface area (Å²) in [7, 11) is 0. The number of carbonyl (C=O) groups is 3. The van der Waals surface area contributed by atoms with Gasteiger partial charge in [0.25, 0.3) is 0 Å². The molecule has 0 spiro atoms. The van der Waals surface area contributed by atoms with E-state index in [0.717, 1.165) is 27.8 Å². The lowest BCUT2D eigenvalue weighted by Crippen LogP contribution is -2.49. The van der Waals surface area contributed by atoms with E-state index < -0.39 is 30.6 Å². The van der Waals surface area contributed by atoms with Crippen molar-refractivity contribution in [1.29, 1.82) is 0 Å². The van der Waals surface area contributed by atoms with Crippen molar-refractivity contribution in [3.8, 4) is 11.1 Å². The van der Waals surface area contributed by atoms with Gasteiger partial charge in [-0.2, -0.15) is 0 Å². The molecule has 0 radical (unpaired) electrons. The van der Waals surface area contributed by atoms with E-state index in [-0.39, 0.29) is 25.5 Å². The SMILES string of the molecule is C=CCC(NC(=O)OCC1c2ccccc2-c2ccccc21)C(=O)N(CC(=O)O)Cc1ccccc1. The molecule has 0 aromatic heterocycles. The van der Waals surface area contributed by atoms with E-state index in [1.165, 1.54) is 11.0 Å². The molecule has 1 aliphatic carbocycles. The van der Waals surface area contributed by atoms with Crippen molar-refractivity contribution in [2.24, 2.45) is 0 Å². The highest BCUT2D eigenvalue weighted by atomic mass is 16.5. The fraction of sp³-hybridized carbons (Fsp3) is 0.207. The second-order valence-electron chi connectivity index (χ2n) is 8.62. The molecule has 0 heterocycles. The van der Waals surface area contributed by atoms with Crippen molar-refractivity contribution in [3.05, 3.63) is 108 Å². The number of hydrogen-bond acceptors (Lipinski definition) is 4. The van der Waals surface area contributed by atoms with Gasteiger partial charge in [-0.05, 0) is 34.2 Å². The molecule has 0 saturated heterocycles. The number of carbonyl (C=O) groups excluding carboxylic acids is 2. The first-order valence-corrected chi connectivity index (χ1v) is 11.7. The highest BCUT2D eigenvalue weighted by molar-refractivity contribution is 5.88. The zero-order valence-electron chi connectivity index (χ0n) is 19.8. The Morgan fingerprint density at radius 2 is 1.53 bits per heavy atom. The van der Waals surface area contributed by atoms with Gasteiger partial charge in [-0.1, -0.05) is 84.9 Å². The molecule has 1 atom stereocenters. The summed E-state index contributed by atoms with van der Waals surface area (Å²) >= 11 is 0. The largest absolute Gasteiger partial charge is 0.480 e. The number of alkyl carbamates (subject to hydrolysis) is 1. The van der Waals surface area contributed by atoms with Gasteiger partial charge in [0.05, 0.1) is 0 Å². The van der Waals surface area contributed by atoms with Gasteiger partial charge in [-0.25, -0.2) is 4.79 Å². The third-order valence-corrected chi connectivity index (χ3v) is 6.19. The molecule has 7 nitrogen and oxygen atoms in total. The van der Waals surface area contributed by atoms with Crippen molar-refractivity contribution in [1.82, 2.24) is 10.2 Å². The molecule has 3 aromatic rings. The van der Waals surface area contributed by atoms with Gasteiger partial charge in [0.15, 0.2) is 0 Å². The summed E-state index contributed by atoms with van der Waals surface area (Å²) in [5.74, 6) is -1.77. The normalized spacial score (nSPS) is 12.7. The molecule has 7 heteroatoms. The molecule has 0 saturated carbocycles. The van der Waals surface area contributed by atoms with Gasteiger partial charge < -0.3 is 20.1 Å². The van der Waals surface area contributed by atoms with E-state index in [2.05, 4.69) is 24.0 Å². The van der Waals surface area contributed by atoms with Crippen molar-refractivity contribution < 1.29 is 24.2 Å². The van der Waals surface area contributed by atoms with Crippen molar-refractivity contribution in [2.75, 3.05) is 13.2 Å². The minimum atomic E-state index is -1.14. The van der Waals surface area contributed by atoms with Crippen LogP contribution in [-0.4, -0.2) is 47.2 Å². The van der Waals surface area contributed by atoms with Crippen LogP contribution in [0.15, 0.2) is 91.5 Å². The van der Waals surface area contributed by atoms with Crippen LogP contribution in [0.3, 0.4) is 0 Å². The van der Waals surface area contributed by atoms with E-state index in [1.807, 2.05) is 66.7 Å². The number of hydrogen-bond donors (Lipinski definition) is 2. The Morgan fingerprint density at radius 3 is 2.11 bits per heavy atom. The molecule has 2 N–H and O–H groups in total. The van der Waals surface area contributed by atoms with E-state index in [0.29, 0.717) is 0 Å². The highest BCUT2D eigenvalue weighted by Gasteiger charge is 2.31. The number of amides is 2. The van der Waals surface area contributed by atoms with Gasteiger partial charge in [-0.3, -0.25) is 9.59 Å². The quantitative estimate of drug-likeness (QED) is 0.411. The van der Waals surface area contributed by atoms with Crippen LogP contribution < -0.4 is 5.32 Å². The predicted octanol–water partition coefficient (Wildman–Crippen LogP) is 4.58. The number of carboxylic acids is 1. The van der Waals surface area contributed by atoms with Crippen LogP contribution in [-0.2, 0) is 20.9 Å². The molecule has 0 bridgehead atoms. The average molecular weight is 485 g/mol. The van der Waals surface area contributed by atoms with Crippen molar-refractivity contribution in [2.45, 2.75) is 24.9 Å². The lowest BCUT2D eigenvalue weighted by atomic mass is 9.98. The summed E-state index contributed by atoms with van der Waals surface area (Å²) in [6.07, 6.45) is 0.897. The van der Waals surface area contributed by atoms with Crippen LogP contribution in [0, 0.1) is 0 Å². The summed E-state index contributed by atoms with van der Waals surface area (Å²) in [4.78, 5) is 38.6. The summed E-state index contributed by atoms with van der Waals surface area (Å²) in [5.41, 5.74) is 5.19. The number of rotatable bonds is 10. The molecule has 0 fully saturated rings. The second-order valence-corrected chi connectivity index (χ2v) is 8.62. The summed E-state index contributed by atoms with van der Waals surface area (Å²) < 4.78 is 5.57. The Morgan fingerprint density at radius 1 is 0.944 bits per heavy atom. The van der Waals surface area contributed by atoms with E-state index in [4.69, 9.17) is 4.74 Å². The Kier molecular flexibility index (Phi) is 7.80. The lowest BCUT2D eigenvalue weighted by molar-refractivity contribution is -0.145. The molecule has 1 unspecified atom stereocenters. The van der Waals surface area contributed by atoms with Crippen LogP contribution in [0.5, 0.6) is 0 Å². The first kappa shape index (κ1) is 24.7. The fourth-order valence-corrected chi connectivity index (χ4v) is 4.57. The van der Waals surface area contributed by atoms with Crippen LogP contribution in [0.2, 0.25) is 0 Å². The summed E-state index contributed by atoms with van der Waals surface area (Å²) in [5, 5.41) is 12.0. The maximum absolute atomic E-state index is 13.2. The standard InChI is InChI=1S/C29H28N2O5/c1-2-10-26(28(34)31(18-27(32)33)17-20-11-4-3-5-12-20)30-29(35)36-19-25-23-15-8-6-13-21(23)22-14-7-9-16-24(22)25/h2-9,11-16,25-26H,1,10,17-19H2,(H,30,35)(H,32,33). The average Bonchev–Trinajstić information content (AvgIpc) is 3.20. The second kappa shape index (κ2) is 11.4. The molecule has 1 aliphatic rings. The number of ether oxygens (including phenoxy) is 1. The van der Waals surface area contributed by atoms with Crippen LogP contribution >= 0.6 is 0 Å². The van der Waals surface area contributed by atoms with Gasteiger partial charge in [0, 0.05) is 12.5 Å². The molecule has 3 aromatic carbocycles. The Labute approximate surface area is 210 Å². The Bertz CT molecular complexity index is 1210. The molecular formula is C29H28N2O5. The third kappa shape index (κ3) is 5.63. The summed E-state index contributed by atoms with van der Waals surface area (Å²) in [6, 6.07) is 24.1. The van der Waals surface area contributed by atoms with Crippen LogP contribution in [0.25, 0.3) is 11.1 Å². The third-order valence-electron chi connectivity index (χ3n) is 6.19. The molecule has 2 amide bonds. The lowest BCUT2D eigenvalue weighted by Gasteiger charge is -2.26. The van der Waals surface area contributed by atoms with Gasteiger partial charge in [0.1, 0.15) is 19.2 Å². The Balaban J connectivity index is 1.44. The number of carboxylic acid groups (broad SMARTS) is 1. The predicted molar refractivity (Wildman–Crippen MR) is 136 cm³/mol. The monoisotopic (exact) mass is 484 g/mol. The van der Waals surface area contributed by atoms with Crippen LogP contribution in [0.4, 0.5) is 4.79 Å². The molecule has 4 rings (SSSR count). The zero-order valence-corrected chi connectivity index (χ0v) is 19.8. The fourth-order valence-electron chi connectivity index (χ4n) is 4.57. The summed E-state index contributed by atoms with van der Waals surface area (Å²) in [6.45, 7) is 3.39. The first-order valence-electron chi connectivity index (χ1n) is 11.7. The first-order chi connectivity index (χ1) is 17.5. The minimum Gasteiger partial charge on any atom is -0.480 e. The van der Waals surface area contributed by atoms with Crippen molar-refractivity contribution >= 4 is 18.0 Å². The van der Waals surface area contributed by atoms with Gasteiger partial charge >= 0.3 is 12.1 Å². The van der Waals surface area contributed by atoms with Crippen LogP contribution in [0.1, 0.15) is 29.0 Å². The Hall–Kier alpha value is -4.39. The minimum absolute atomic E-state index is 0.103. The smallest absolute Gasteiger partial charge is 0.407 e. The highest BCUT2D eigenvalue weighted by Crippen LogP contribution is 2.44. The number of aliphatic carboxylic acids is 1. The molecule has 0 aliphatic heterocycles. The number of benzene rings is 3. The molecule has 36 heavy (non-hydrogen) atoms. The van der Waals surface area contributed by atoms with E-state index in [1.54, 1.807) is 0 Å². The maximum atomic E-state index is 13.2. The number of nitrogens with one attached hydrogen (secondary N) is 1. The van der Waals surface area contributed by atoms with E-state index in [9.17, 15) is 19.5 Å². The van der Waals surface area contributed by atoms with Crippen molar-refractivity contribution in [3.63, 3.8) is 0 Å². The maximum Gasteiger partial charge on any atom is 0.407 e. The molecular weight excluding hydrogens is 456 g/mol. The van der Waals surface area contributed by atoms with E-state index >= 15 is 0 Å². The zero-order chi connectivity index (χ0) is 25.5.